The molecule has 3 aromatic rings. The number of amides is 1. The summed E-state index contributed by atoms with van der Waals surface area (Å²) in [6.07, 6.45) is -1.98. The number of nitrogens with two attached hydrogens (primary N) is 1. The number of thiazole rings is 1. The summed E-state index contributed by atoms with van der Waals surface area (Å²) < 4.78 is 81.0. The molecule has 2 aromatic carbocycles. The molecule has 8 nitrogen and oxygen atoms in total. The fourth-order valence-electron chi connectivity index (χ4n) is 5.90. The van der Waals surface area contributed by atoms with Gasteiger partial charge in [-0.15, -0.1) is 0 Å². The van der Waals surface area contributed by atoms with E-state index in [4.69, 9.17) is 9.47 Å². The van der Waals surface area contributed by atoms with Crippen LogP contribution in [0.25, 0.3) is 0 Å². The number of halogens is 3. The molecular weight excluding hydrogens is 615 g/mol. The summed E-state index contributed by atoms with van der Waals surface area (Å²) in [4.78, 5) is 18.3. The third-order valence-corrected chi connectivity index (χ3v) is 10.2. The van der Waals surface area contributed by atoms with Crippen molar-refractivity contribution in [3.05, 3.63) is 70.2 Å². The van der Waals surface area contributed by atoms with E-state index in [2.05, 4.69) is 4.98 Å². The number of hydrogen-bond donors (Lipinski definition) is 1. The van der Waals surface area contributed by atoms with Gasteiger partial charge in [-0.3, -0.25) is 0 Å². The van der Waals surface area contributed by atoms with E-state index >= 15 is 0 Å². The minimum atomic E-state index is -4.52. The molecule has 1 aromatic heterocycles. The highest BCUT2D eigenvalue weighted by atomic mass is 32.2. The molecule has 0 aliphatic carbocycles. The molecule has 2 N–H and O–H groups in total. The fraction of sp³-hybridized carbons (Fsp3) is 0.484. The Morgan fingerprint density at radius 1 is 1.07 bits per heavy atom. The van der Waals surface area contributed by atoms with E-state index < -0.39 is 39.1 Å². The monoisotopic (exact) mass is 652 g/mol. The molecule has 0 saturated carbocycles. The summed E-state index contributed by atoms with van der Waals surface area (Å²) in [5, 5.41) is 2.04. The van der Waals surface area contributed by atoms with Crippen molar-refractivity contribution in [3.8, 4) is 5.75 Å². The maximum absolute atomic E-state index is 13.9. The first-order valence-corrected chi connectivity index (χ1v) is 16.9. The number of carbonyl (C=O) groups is 1. The molecule has 1 unspecified atom stereocenters. The van der Waals surface area contributed by atoms with Crippen LogP contribution in [-0.2, 0) is 20.9 Å². The molecule has 2 aliphatic rings. The zero-order chi connectivity index (χ0) is 32.1. The standard InChI is InChI=1S/C31H36F3N3O5S2/c1-29(2,3)42-28(38)37-13-10-19(11-14-37)24-16-20(31(32,33)34)6-8-22(24)25-18-30(4,5)41-26-17-21(7-9-23(25)26)44(39,40)36-27-35-12-15-43-27/h6-9,12,15-17,19,25H,10-11,13-14,18H2,1-5H3,(H,35,36)/p+1. The predicted molar refractivity (Wildman–Crippen MR) is 160 cm³/mol. The lowest BCUT2D eigenvalue weighted by Crippen LogP contribution is -2.81. The van der Waals surface area contributed by atoms with Crippen molar-refractivity contribution in [1.29, 1.82) is 0 Å². The van der Waals surface area contributed by atoms with Crippen LogP contribution >= 0.6 is 11.3 Å². The molecule has 1 fully saturated rings. The number of piperidine rings is 1. The number of alkyl halides is 3. The maximum Gasteiger partial charge on any atom is 0.416 e. The first kappa shape index (κ1) is 32.2. The Balaban J connectivity index is 1.50. The number of rotatable bonds is 5. The van der Waals surface area contributed by atoms with Crippen LogP contribution in [-0.4, -0.2) is 48.7 Å². The van der Waals surface area contributed by atoms with Crippen LogP contribution in [0.5, 0.6) is 5.75 Å². The smallest absolute Gasteiger partial charge is 0.416 e. The van der Waals surface area contributed by atoms with Crippen molar-refractivity contribution in [2.75, 3.05) is 13.1 Å². The fourth-order valence-corrected chi connectivity index (χ4v) is 7.88. The third-order valence-electron chi connectivity index (χ3n) is 7.85. The van der Waals surface area contributed by atoms with Gasteiger partial charge >= 0.3 is 22.3 Å². The predicted octanol–water partition coefficient (Wildman–Crippen LogP) is 6.55. The number of hydrogen-bond acceptors (Lipinski definition) is 7. The number of quaternary nitrogens is 1. The van der Waals surface area contributed by atoms with Gasteiger partial charge in [0.05, 0.1) is 5.56 Å². The van der Waals surface area contributed by atoms with Crippen LogP contribution in [0.2, 0.25) is 0 Å². The Morgan fingerprint density at radius 3 is 2.36 bits per heavy atom. The second-order valence-electron chi connectivity index (χ2n) is 12.9. The van der Waals surface area contributed by atoms with E-state index in [9.17, 15) is 26.4 Å². The van der Waals surface area contributed by atoms with Gasteiger partial charge < -0.3 is 14.4 Å². The number of carbonyl (C=O) groups excluding carboxylic acids is 1. The van der Waals surface area contributed by atoms with Gasteiger partial charge in [-0.1, -0.05) is 23.5 Å². The molecule has 3 heterocycles. The van der Waals surface area contributed by atoms with E-state index in [1.807, 2.05) is 13.8 Å². The number of ether oxygens (including phenoxy) is 2. The summed E-state index contributed by atoms with van der Waals surface area (Å²) in [5.41, 5.74) is -0.0496. The zero-order valence-corrected chi connectivity index (χ0v) is 26.9. The van der Waals surface area contributed by atoms with Crippen molar-refractivity contribution in [3.63, 3.8) is 0 Å². The molecule has 1 saturated heterocycles. The Bertz CT molecular complexity index is 1630. The Morgan fingerprint density at radius 2 is 1.75 bits per heavy atom. The van der Waals surface area contributed by atoms with E-state index in [0.29, 0.717) is 54.4 Å². The molecule has 0 bridgehead atoms. The van der Waals surface area contributed by atoms with Gasteiger partial charge in [0.1, 0.15) is 21.8 Å². The van der Waals surface area contributed by atoms with E-state index in [1.54, 1.807) is 43.2 Å². The second kappa shape index (κ2) is 11.6. The summed E-state index contributed by atoms with van der Waals surface area (Å²) in [6.45, 7) is 9.86. The summed E-state index contributed by atoms with van der Waals surface area (Å²) in [7, 11) is -3.83. The van der Waals surface area contributed by atoms with Crippen LogP contribution < -0.4 is 9.46 Å². The van der Waals surface area contributed by atoms with Crippen molar-refractivity contribution in [1.82, 2.24) is 9.88 Å². The van der Waals surface area contributed by atoms with Crippen LogP contribution in [0.1, 0.15) is 88.0 Å². The molecule has 44 heavy (non-hydrogen) atoms. The highest BCUT2D eigenvalue weighted by Gasteiger charge is 2.40. The SMILES string of the molecule is CC(C)(C)OC(=O)N1CCC(c2cc(C(F)(F)F)ccc2C2CC(C)(C)Oc3cc(S(=O)(=O)[NH2+]c4nccs4)ccc32)CC1. The average molecular weight is 653 g/mol. The molecular formula is C31H37F3N3O5S2+. The van der Waals surface area contributed by atoms with Crippen LogP contribution in [0.15, 0.2) is 52.9 Å². The van der Waals surface area contributed by atoms with Gasteiger partial charge in [0.25, 0.3) is 5.13 Å². The van der Waals surface area contributed by atoms with Gasteiger partial charge in [0.15, 0.2) is 0 Å². The summed E-state index contributed by atoms with van der Waals surface area (Å²) in [6, 6.07) is 8.60. The Hall–Kier alpha value is -3.16. The number of fused-ring (bicyclic) bond motifs is 1. The first-order valence-electron chi connectivity index (χ1n) is 14.4. The molecule has 2 aliphatic heterocycles. The number of aromatic nitrogens is 1. The first-order chi connectivity index (χ1) is 20.4. The molecule has 0 radical (unpaired) electrons. The number of benzene rings is 2. The maximum atomic E-state index is 13.9. The van der Waals surface area contributed by atoms with E-state index in [-0.39, 0.29) is 16.7 Å². The van der Waals surface area contributed by atoms with Crippen LogP contribution in [0, 0.1) is 0 Å². The Kier molecular flexibility index (Phi) is 8.53. The lowest BCUT2D eigenvalue weighted by atomic mass is 9.75. The number of sulfonamides is 1. The molecule has 13 heteroatoms. The lowest BCUT2D eigenvalue weighted by Gasteiger charge is -2.40. The van der Waals surface area contributed by atoms with Crippen molar-refractivity contribution < 1.29 is 40.6 Å². The minimum absolute atomic E-state index is 0.0463. The van der Waals surface area contributed by atoms with Crippen LogP contribution in [0.3, 0.4) is 0 Å². The van der Waals surface area contributed by atoms with Gasteiger partial charge in [0.2, 0.25) is 0 Å². The molecule has 1 amide bonds. The van der Waals surface area contributed by atoms with Crippen molar-refractivity contribution in [2.24, 2.45) is 0 Å². The van der Waals surface area contributed by atoms with Gasteiger partial charge in [-0.2, -0.15) is 31.3 Å². The number of primary sulfonamides is 1. The summed E-state index contributed by atoms with van der Waals surface area (Å²) in [5.74, 6) is -0.173. The lowest BCUT2D eigenvalue weighted by molar-refractivity contribution is -0.397. The van der Waals surface area contributed by atoms with Gasteiger partial charge in [-0.25, -0.2) is 4.79 Å². The molecule has 238 valence electrons. The second-order valence-corrected chi connectivity index (χ2v) is 15.7. The number of likely N-dealkylation sites (tertiary alicyclic amines) is 1. The Labute approximate surface area is 259 Å². The number of nitrogens with zero attached hydrogens (tertiary/aromatic N) is 2. The topological polar surface area (TPSA) is 102 Å². The van der Waals surface area contributed by atoms with Crippen molar-refractivity contribution in [2.45, 2.75) is 88.0 Å². The summed E-state index contributed by atoms with van der Waals surface area (Å²) >= 11 is 1.21. The molecule has 5 rings (SSSR count). The highest BCUT2D eigenvalue weighted by Crippen LogP contribution is 2.48. The zero-order valence-electron chi connectivity index (χ0n) is 25.3. The largest absolute Gasteiger partial charge is 0.487 e. The normalized spacial score (nSPS) is 19.3. The molecule has 1 atom stereocenters. The minimum Gasteiger partial charge on any atom is -0.487 e. The average Bonchev–Trinajstić information content (AvgIpc) is 3.42. The van der Waals surface area contributed by atoms with Crippen molar-refractivity contribution >= 4 is 32.6 Å². The quantitative estimate of drug-likeness (QED) is 0.335. The van der Waals surface area contributed by atoms with Crippen LogP contribution in [0.4, 0.5) is 23.1 Å². The van der Waals surface area contributed by atoms with Gasteiger partial charge in [0, 0.05) is 42.2 Å². The molecule has 0 spiro atoms. The van der Waals surface area contributed by atoms with Gasteiger partial charge in [-0.05, 0) is 89.1 Å². The van der Waals surface area contributed by atoms with E-state index in [0.717, 1.165) is 16.4 Å². The third kappa shape index (κ3) is 7.21. The van der Waals surface area contributed by atoms with E-state index in [1.165, 1.54) is 35.7 Å². The highest BCUT2D eigenvalue weighted by molar-refractivity contribution is 7.85.